The number of nitrogens with two attached hydrogens (primary N) is 1. The Morgan fingerprint density at radius 2 is 1.41 bits per heavy atom. The average molecular weight is 593 g/mol. The fourth-order valence-corrected chi connectivity index (χ4v) is 4.82. The number of amides is 1. The Kier molecular flexibility index (Phi) is 11.0. The molecule has 0 heterocycles. The molecule has 0 radical (unpaired) electrons. The molecule has 0 fully saturated rings. The van der Waals surface area contributed by atoms with Crippen LogP contribution in [0.25, 0.3) is 10.8 Å². The van der Waals surface area contributed by atoms with E-state index in [0.29, 0.717) is 0 Å². The van der Waals surface area contributed by atoms with Gasteiger partial charge in [-0.15, -0.1) is 5.11 Å². The summed E-state index contributed by atoms with van der Waals surface area (Å²) in [6.45, 7) is 1.06. The van der Waals surface area contributed by atoms with E-state index in [1.165, 1.54) is 12.1 Å². The number of benzene rings is 3. The van der Waals surface area contributed by atoms with Gasteiger partial charge in [0.1, 0.15) is 15.5 Å². The molecule has 1 amide bonds. The van der Waals surface area contributed by atoms with Gasteiger partial charge in [-0.1, -0.05) is 0 Å². The van der Waals surface area contributed by atoms with Crippen molar-refractivity contribution in [3.63, 3.8) is 0 Å². The number of hydrogen-bond acceptors (Lipinski definition) is 10. The summed E-state index contributed by atoms with van der Waals surface area (Å²) in [6, 6.07) is 7.06. The Morgan fingerprint density at radius 3 is 1.86 bits per heavy atom. The molecule has 3 aromatic rings. The smallest absolute Gasteiger partial charge is 1.00 e. The number of carbonyl (C=O) groups is 1. The third kappa shape index (κ3) is 8.01. The van der Waals surface area contributed by atoms with Gasteiger partial charge >= 0.3 is 59.1 Å². The number of fused-ring (bicyclic) bond motifs is 1. The molecule has 19 heteroatoms. The van der Waals surface area contributed by atoms with Gasteiger partial charge in [0.25, 0.3) is 20.2 Å². The van der Waals surface area contributed by atoms with Gasteiger partial charge in [-0.3, -0.25) is 13.9 Å². The second-order valence-corrected chi connectivity index (χ2v) is 11.4. The van der Waals surface area contributed by atoms with Crippen molar-refractivity contribution < 1.29 is 106 Å². The molecule has 14 nitrogen and oxygen atoms in total. The molecular formula is C18H18N4Na2O10S3. The largest absolute Gasteiger partial charge is 1.00 e. The second kappa shape index (κ2) is 12.1. The molecule has 0 aliphatic carbocycles. The monoisotopic (exact) mass is 592 g/mol. The number of phenolic OH excluding ortho intramolecular Hbond substituents is 1. The van der Waals surface area contributed by atoms with Crippen LogP contribution in [-0.4, -0.2) is 45.4 Å². The van der Waals surface area contributed by atoms with Gasteiger partial charge in [0, 0.05) is 12.3 Å². The SMILES string of the molecule is CC(=O)Nc1cc2c(O)c(N=Nc3ccc(S(N)(=O)=O)cc3)c(S(=O)(=O)O)cc2cc1S(=O)(=O)O.[H-].[H-].[Na+].[Na+]. The van der Waals surface area contributed by atoms with Crippen LogP contribution in [0.15, 0.2) is 67.4 Å². The zero-order chi connectivity index (χ0) is 26.3. The van der Waals surface area contributed by atoms with Crippen molar-refractivity contribution in [2.24, 2.45) is 15.4 Å². The molecule has 3 rings (SSSR count). The predicted octanol–water partition coefficient (Wildman–Crippen LogP) is -3.71. The number of sulfonamides is 1. The summed E-state index contributed by atoms with van der Waals surface area (Å²) in [7, 11) is -13.9. The molecule has 6 N–H and O–H groups in total. The van der Waals surface area contributed by atoms with Crippen molar-refractivity contribution in [1.82, 2.24) is 0 Å². The number of aromatic hydroxyl groups is 1. The number of nitrogens with one attached hydrogen (secondary N) is 1. The van der Waals surface area contributed by atoms with Crippen LogP contribution in [0.3, 0.4) is 0 Å². The normalized spacial score (nSPS) is 12.1. The van der Waals surface area contributed by atoms with Gasteiger partial charge in [-0.05, 0) is 47.9 Å². The van der Waals surface area contributed by atoms with Crippen LogP contribution in [-0.2, 0) is 35.1 Å². The van der Waals surface area contributed by atoms with Crippen molar-refractivity contribution in [2.45, 2.75) is 21.6 Å². The minimum Gasteiger partial charge on any atom is -1.00 e. The quantitative estimate of drug-likeness (QED) is 0.106. The zero-order valence-electron chi connectivity index (χ0n) is 21.4. The van der Waals surface area contributed by atoms with E-state index in [1.54, 1.807) is 0 Å². The summed E-state index contributed by atoms with van der Waals surface area (Å²) >= 11 is 0. The van der Waals surface area contributed by atoms with Gasteiger partial charge in [-0.2, -0.15) is 21.9 Å². The van der Waals surface area contributed by atoms with Crippen LogP contribution in [0, 0.1) is 0 Å². The maximum atomic E-state index is 11.9. The molecule has 3 aromatic carbocycles. The molecule has 0 aliphatic heterocycles. The molecule has 190 valence electrons. The van der Waals surface area contributed by atoms with Crippen molar-refractivity contribution in [2.75, 3.05) is 5.32 Å². The summed E-state index contributed by atoms with van der Waals surface area (Å²) in [4.78, 5) is 9.48. The molecule has 0 saturated heterocycles. The van der Waals surface area contributed by atoms with Gasteiger partial charge in [0.05, 0.1) is 16.3 Å². The predicted molar refractivity (Wildman–Crippen MR) is 124 cm³/mol. The Hall–Kier alpha value is -1.48. The first-order valence-electron chi connectivity index (χ1n) is 9.09. The molecule has 0 bridgehead atoms. The van der Waals surface area contributed by atoms with E-state index in [4.69, 9.17) is 5.14 Å². The number of primary sulfonamides is 1. The van der Waals surface area contributed by atoms with E-state index < -0.39 is 63.1 Å². The minimum absolute atomic E-state index is 0. The Bertz CT molecular complexity index is 1740. The van der Waals surface area contributed by atoms with E-state index in [0.717, 1.165) is 37.3 Å². The maximum absolute atomic E-state index is 11.9. The first-order valence-corrected chi connectivity index (χ1v) is 13.5. The Balaban J connectivity index is 0. The van der Waals surface area contributed by atoms with Gasteiger partial charge < -0.3 is 13.3 Å². The molecule has 0 unspecified atom stereocenters. The number of carbonyl (C=O) groups excluding carboxylic acids is 1. The van der Waals surface area contributed by atoms with Crippen LogP contribution in [0.1, 0.15) is 9.78 Å². The molecular weight excluding hydrogens is 574 g/mol. The van der Waals surface area contributed by atoms with E-state index >= 15 is 0 Å². The summed E-state index contributed by atoms with van der Waals surface area (Å²) < 4.78 is 89.2. The van der Waals surface area contributed by atoms with Gasteiger partial charge in [0.15, 0.2) is 5.75 Å². The Labute approximate surface area is 258 Å². The van der Waals surface area contributed by atoms with Gasteiger partial charge in [0.2, 0.25) is 15.9 Å². The third-order valence-electron chi connectivity index (χ3n) is 4.45. The van der Waals surface area contributed by atoms with Crippen molar-refractivity contribution in [1.29, 1.82) is 0 Å². The van der Waals surface area contributed by atoms with E-state index in [1.807, 2.05) is 0 Å². The fourth-order valence-electron chi connectivity index (χ4n) is 2.98. The van der Waals surface area contributed by atoms with Crippen LogP contribution < -0.4 is 69.6 Å². The molecule has 0 aliphatic rings. The molecule has 0 aromatic heterocycles. The fraction of sp³-hybridized carbons (Fsp3) is 0.0556. The number of nitrogens with zero attached hydrogens (tertiary/aromatic N) is 2. The number of hydrogen-bond donors (Lipinski definition) is 5. The van der Waals surface area contributed by atoms with Crippen LogP contribution in [0.5, 0.6) is 5.75 Å². The van der Waals surface area contributed by atoms with Crippen molar-refractivity contribution >= 4 is 64.0 Å². The zero-order valence-corrected chi connectivity index (χ0v) is 25.9. The molecule has 0 atom stereocenters. The summed E-state index contributed by atoms with van der Waals surface area (Å²) in [5.74, 6) is -1.58. The Morgan fingerprint density at radius 1 is 0.892 bits per heavy atom. The standard InChI is InChI=1S/C18H16N4O10S3.2Na.2H/c1-9(23)20-14-8-13-10(6-15(14)34(27,28)29)7-16(35(30,31)32)17(18(13)24)22-21-11-2-4-12(5-3-11)33(19,25)26;;;;/h2-8,24H,1H3,(H,20,23)(H2,19,25,26)(H,27,28,29)(H,30,31,32);;;;/q;2*+1;2*-1. The summed E-state index contributed by atoms with van der Waals surface area (Å²) in [6.07, 6.45) is 0. The molecule has 37 heavy (non-hydrogen) atoms. The second-order valence-electron chi connectivity index (χ2n) is 7.01. The molecule has 0 saturated carbocycles. The van der Waals surface area contributed by atoms with Gasteiger partial charge in [-0.25, -0.2) is 13.6 Å². The first-order chi connectivity index (χ1) is 16.0. The number of azo groups is 1. The first kappa shape index (κ1) is 33.5. The van der Waals surface area contributed by atoms with E-state index in [9.17, 15) is 44.3 Å². The number of phenols is 1. The number of anilines is 1. The van der Waals surface area contributed by atoms with E-state index in [-0.39, 0.29) is 83.3 Å². The molecule has 0 spiro atoms. The van der Waals surface area contributed by atoms with Crippen molar-refractivity contribution in [3.05, 3.63) is 42.5 Å². The van der Waals surface area contributed by atoms with Crippen molar-refractivity contribution in [3.8, 4) is 5.75 Å². The average Bonchev–Trinajstić information content (AvgIpc) is 2.70. The van der Waals surface area contributed by atoms with Crippen LogP contribution in [0.4, 0.5) is 17.1 Å². The topological polar surface area (TPSA) is 243 Å². The summed E-state index contributed by atoms with van der Waals surface area (Å²) in [5.41, 5.74) is -1.16. The number of rotatable bonds is 6. The third-order valence-corrected chi connectivity index (χ3v) is 7.14. The minimum atomic E-state index is -5.05. The summed E-state index contributed by atoms with van der Waals surface area (Å²) in [5, 5.41) is 24.8. The van der Waals surface area contributed by atoms with Crippen LogP contribution in [0.2, 0.25) is 0 Å². The van der Waals surface area contributed by atoms with E-state index in [2.05, 4.69) is 15.5 Å². The maximum Gasteiger partial charge on any atom is 1.00 e. The van der Waals surface area contributed by atoms with Crippen LogP contribution >= 0.6 is 0 Å².